The molecule has 4 rings (SSSR count). The summed E-state index contributed by atoms with van der Waals surface area (Å²) in [5, 5.41) is 0. The van der Waals surface area contributed by atoms with Crippen molar-refractivity contribution in [2.24, 2.45) is 0 Å². The molecule has 0 aliphatic carbocycles. The van der Waals surface area contributed by atoms with Gasteiger partial charge in [-0.1, -0.05) is 30.3 Å². The number of rotatable bonds is 1. The van der Waals surface area contributed by atoms with E-state index in [4.69, 9.17) is 0 Å². The summed E-state index contributed by atoms with van der Waals surface area (Å²) in [7, 11) is 0. The minimum atomic E-state index is 0.652. The third kappa shape index (κ3) is 1.35. The molecule has 3 aliphatic heterocycles. The van der Waals surface area contributed by atoms with Crippen molar-refractivity contribution < 1.29 is 0 Å². The number of benzene rings is 1. The molecule has 2 nitrogen and oxygen atoms in total. The number of fused-ring (bicyclic) bond motifs is 3. The van der Waals surface area contributed by atoms with Crippen molar-refractivity contribution in [2.45, 2.75) is 6.04 Å². The molecule has 1 unspecified atom stereocenters. The van der Waals surface area contributed by atoms with Gasteiger partial charge in [-0.15, -0.1) is 0 Å². The highest BCUT2D eigenvalue weighted by Crippen LogP contribution is 2.28. The molecule has 0 amide bonds. The molecule has 0 aromatic heterocycles. The van der Waals surface area contributed by atoms with Crippen LogP contribution in [0.4, 0.5) is 0 Å². The molecule has 3 fully saturated rings. The Labute approximate surface area is 85.1 Å². The van der Waals surface area contributed by atoms with Crippen LogP contribution in [0, 0.1) is 0 Å². The van der Waals surface area contributed by atoms with Gasteiger partial charge in [-0.25, -0.2) is 0 Å². The second-order valence-electron chi connectivity index (χ2n) is 4.26. The molecule has 0 N–H and O–H groups in total. The first-order valence-electron chi connectivity index (χ1n) is 5.45. The molecule has 0 spiro atoms. The first-order chi connectivity index (χ1) is 6.93. The van der Waals surface area contributed by atoms with Gasteiger partial charge in [-0.3, -0.25) is 9.80 Å². The lowest BCUT2D eigenvalue weighted by Gasteiger charge is -2.47. The van der Waals surface area contributed by atoms with Crippen molar-refractivity contribution in [3.63, 3.8) is 0 Å². The molecular formula is C12H16N2. The molecule has 3 aliphatic rings. The number of piperazine rings is 3. The monoisotopic (exact) mass is 188 g/mol. The summed E-state index contributed by atoms with van der Waals surface area (Å²) in [6.45, 7) is 6.26. The maximum atomic E-state index is 2.62. The largest absolute Gasteiger partial charge is 0.299 e. The molecule has 1 atom stereocenters. The molecule has 74 valence electrons. The summed E-state index contributed by atoms with van der Waals surface area (Å²) < 4.78 is 0. The molecule has 3 saturated heterocycles. The first-order valence-corrected chi connectivity index (χ1v) is 5.45. The van der Waals surface area contributed by atoms with Crippen molar-refractivity contribution in [3.8, 4) is 0 Å². The van der Waals surface area contributed by atoms with Crippen LogP contribution in [0.15, 0.2) is 30.3 Å². The molecule has 0 radical (unpaired) electrons. The third-order valence-electron chi connectivity index (χ3n) is 3.46. The van der Waals surface area contributed by atoms with E-state index >= 15 is 0 Å². The van der Waals surface area contributed by atoms with Crippen LogP contribution in [-0.2, 0) is 0 Å². The van der Waals surface area contributed by atoms with E-state index in [0.717, 1.165) is 0 Å². The van der Waals surface area contributed by atoms with E-state index in [1.54, 1.807) is 0 Å². The van der Waals surface area contributed by atoms with Crippen LogP contribution in [-0.4, -0.2) is 42.5 Å². The molecule has 2 bridgehead atoms. The van der Waals surface area contributed by atoms with Gasteiger partial charge < -0.3 is 0 Å². The zero-order valence-corrected chi connectivity index (χ0v) is 8.39. The summed E-state index contributed by atoms with van der Waals surface area (Å²) in [4.78, 5) is 5.20. The number of nitrogens with zero attached hydrogens (tertiary/aromatic N) is 2. The minimum Gasteiger partial charge on any atom is -0.299 e. The van der Waals surface area contributed by atoms with E-state index in [1.165, 1.54) is 38.3 Å². The first kappa shape index (κ1) is 8.45. The lowest BCUT2D eigenvalue weighted by molar-refractivity contribution is 0.0123. The SMILES string of the molecule is c1ccc(C2CN3CCN2CC3)cc1. The summed E-state index contributed by atoms with van der Waals surface area (Å²) in [5.74, 6) is 0. The Bertz CT molecular complexity index is 301. The predicted octanol–water partition coefficient (Wildman–Crippen LogP) is 1.36. The van der Waals surface area contributed by atoms with Crippen molar-refractivity contribution in [1.29, 1.82) is 0 Å². The van der Waals surface area contributed by atoms with Crippen molar-refractivity contribution in [3.05, 3.63) is 35.9 Å². The van der Waals surface area contributed by atoms with Crippen LogP contribution in [0.1, 0.15) is 11.6 Å². The van der Waals surface area contributed by atoms with E-state index in [9.17, 15) is 0 Å². The van der Waals surface area contributed by atoms with Crippen LogP contribution in [0.2, 0.25) is 0 Å². The fourth-order valence-corrected chi connectivity index (χ4v) is 2.61. The third-order valence-corrected chi connectivity index (χ3v) is 3.46. The van der Waals surface area contributed by atoms with Crippen molar-refractivity contribution in [1.82, 2.24) is 9.80 Å². The fraction of sp³-hybridized carbons (Fsp3) is 0.500. The smallest absolute Gasteiger partial charge is 0.0476 e. The normalized spacial score (nSPS) is 35.9. The average molecular weight is 188 g/mol. The Kier molecular flexibility index (Phi) is 2.03. The standard InChI is InChI=1S/C12H16N2/c1-2-4-11(5-3-1)12-10-13-6-8-14(12)9-7-13/h1-5,12H,6-10H2. The Morgan fingerprint density at radius 2 is 1.64 bits per heavy atom. The van der Waals surface area contributed by atoms with Crippen molar-refractivity contribution >= 4 is 0 Å². The van der Waals surface area contributed by atoms with Gasteiger partial charge in [0.2, 0.25) is 0 Å². The Balaban J connectivity index is 1.86. The Hall–Kier alpha value is -0.860. The fourth-order valence-electron chi connectivity index (χ4n) is 2.61. The minimum absolute atomic E-state index is 0.652. The zero-order valence-electron chi connectivity index (χ0n) is 8.39. The predicted molar refractivity (Wildman–Crippen MR) is 57.2 cm³/mol. The molecule has 0 saturated carbocycles. The summed E-state index contributed by atoms with van der Waals surface area (Å²) >= 11 is 0. The highest BCUT2D eigenvalue weighted by Gasteiger charge is 2.32. The van der Waals surface area contributed by atoms with Gasteiger partial charge in [0.15, 0.2) is 0 Å². The van der Waals surface area contributed by atoms with Gasteiger partial charge in [-0.2, -0.15) is 0 Å². The molecule has 1 aromatic carbocycles. The summed E-state index contributed by atoms with van der Waals surface area (Å²) in [5.41, 5.74) is 1.48. The molecule has 3 heterocycles. The van der Waals surface area contributed by atoms with E-state index < -0.39 is 0 Å². The van der Waals surface area contributed by atoms with Crippen LogP contribution in [0.3, 0.4) is 0 Å². The van der Waals surface area contributed by atoms with Crippen molar-refractivity contribution in [2.75, 3.05) is 32.7 Å². The van der Waals surface area contributed by atoms with Gasteiger partial charge in [0.1, 0.15) is 0 Å². The lowest BCUT2D eigenvalue weighted by Crippen LogP contribution is -2.56. The van der Waals surface area contributed by atoms with Gasteiger partial charge in [-0.05, 0) is 5.56 Å². The maximum Gasteiger partial charge on any atom is 0.0476 e. The number of hydrogen-bond acceptors (Lipinski definition) is 2. The lowest BCUT2D eigenvalue weighted by atomic mass is 10.00. The summed E-state index contributed by atoms with van der Waals surface area (Å²) in [6, 6.07) is 11.6. The maximum absolute atomic E-state index is 2.62. The molecule has 1 aromatic rings. The van der Waals surface area contributed by atoms with Gasteiger partial charge in [0, 0.05) is 38.8 Å². The summed E-state index contributed by atoms with van der Waals surface area (Å²) in [6.07, 6.45) is 0. The van der Waals surface area contributed by atoms with E-state index in [0.29, 0.717) is 6.04 Å². The molecular weight excluding hydrogens is 172 g/mol. The average Bonchev–Trinajstić information content (AvgIpc) is 2.32. The highest BCUT2D eigenvalue weighted by atomic mass is 15.3. The Morgan fingerprint density at radius 3 is 2.21 bits per heavy atom. The topological polar surface area (TPSA) is 6.48 Å². The van der Waals surface area contributed by atoms with Gasteiger partial charge in [0.25, 0.3) is 0 Å². The molecule has 14 heavy (non-hydrogen) atoms. The highest BCUT2D eigenvalue weighted by molar-refractivity contribution is 5.20. The van der Waals surface area contributed by atoms with Crippen LogP contribution < -0.4 is 0 Å². The van der Waals surface area contributed by atoms with Gasteiger partial charge in [0.05, 0.1) is 0 Å². The van der Waals surface area contributed by atoms with Gasteiger partial charge >= 0.3 is 0 Å². The second kappa shape index (κ2) is 3.37. The van der Waals surface area contributed by atoms with E-state index in [1.807, 2.05) is 0 Å². The second-order valence-corrected chi connectivity index (χ2v) is 4.26. The zero-order chi connectivity index (χ0) is 9.38. The number of hydrogen-bond donors (Lipinski definition) is 0. The van der Waals surface area contributed by atoms with Crippen LogP contribution >= 0.6 is 0 Å². The Morgan fingerprint density at radius 1 is 0.929 bits per heavy atom. The van der Waals surface area contributed by atoms with Crippen LogP contribution in [0.5, 0.6) is 0 Å². The molecule has 2 heteroatoms. The van der Waals surface area contributed by atoms with E-state index in [2.05, 4.69) is 40.1 Å². The van der Waals surface area contributed by atoms with Crippen LogP contribution in [0.25, 0.3) is 0 Å². The van der Waals surface area contributed by atoms with E-state index in [-0.39, 0.29) is 0 Å². The quantitative estimate of drug-likeness (QED) is 0.656.